The number of rotatable bonds is 6. The van der Waals surface area contributed by atoms with Gasteiger partial charge in [0.05, 0.1) is 0 Å². The predicted octanol–water partition coefficient (Wildman–Crippen LogP) is 1.37. The first kappa shape index (κ1) is 16.2. The molecule has 0 bridgehead atoms. The van der Waals surface area contributed by atoms with Crippen molar-refractivity contribution in [3.05, 3.63) is 29.6 Å². The quantitative estimate of drug-likeness (QED) is 0.765. The van der Waals surface area contributed by atoms with Crippen LogP contribution in [-0.4, -0.2) is 34.7 Å². The molecular weight excluding hydrogens is 244 g/mol. The van der Waals surface area contributed by atoms with Crippen molar-refractivity contribution < 1.29 is 14.4 Å². The van der Waals surface area contributed by atoms with E-state index in [9.17, 15) is 14.4 Å². The lowest BCUT2D eigenvalue weighted by Crippen LogP contribution is -2.39. The lowest BCUT2D eigenvalue weighted by Gasteiger charge is -2.29. The number of hydrogen-bond donors (Lipinski definition) is 2. The summed E-state index contributed by atoms with van der Waals surface area (Å²) < 4.78 is 13.2. The Kier molecular flexibility index (Phi) is 5.98. The van der Waals surface area contributed by atoms with Crippen LogP contribution in [0.5, 0.6) is 0 Å². The molecule has 2 N–H and O–H groups in total. The maximum Gasteiger partial charge on any atom is 0.488 e. The first-order valence-electron chi connectivity index (χ1n) is 6.69. The molecule has 0 amide bonds. The summed E-state index contributed by atoms with van der Waals surface area (Å²) in [6.07, 6.45) is 0. The van der Waals surface area contributed by atoms with Gasteiger partial charge in [-0.05, 0) is 42.9 Å². The fourth-order valence-electron chi connectivity index (χ4n) is 2.10. The predicted molar refractivity (Wildman–Crippen MR) is 76.6 cm³/mol. The maximum atomic E-state index is 13.2. The average molecular weight is 267 g/mol. The highest BCUT2D eigenvalue weighted by Gasteiger charge is 2.20. The molecule has 106 valence electrons. The van der Waals surface area contributed by atoms with Crippen LogP contribution in [0.4, 0.5) is 4.39 Å². The van der Waals surface area contributed by atoms with Gasteiger partial charge in [0.25, 0.3) is 0 Å². The van der Waals surface area contributed by atoms with E-state index in [2.05, 4.69) is 32.6 Å². The zero-order valence-corrected chi connectivity index (χ0v) is 12.1. The van der Waals surface area contributed by atoms with Crippen LogP contribution in [-0.2, 0) is 6.54 Å². The van der Waals surface area contributed by atoms with Gasteiger partial charge in [-0.3, -0.25) is 4.90 Å². The minimum atomic E-state index is -1.64. The van der Waals surface area contributed by atoms with Crippen LogP contribution in [0.1, 0.15) is 33.3 Å². The SMILES string of the molecule is CC(C)CN(Cc1ccc(F)cc1B(O)O)C(C)C. The summed E-state index contributed by atoms with van der Waals surface area (Å²) >= 11 is 0. The fourth-order valence-corrected chi connectivity index (χ4v) is 2.10. The van der Waals surface area contributed by atoms with Crippen LogP contribution < -0.4 is 5.46 Å². The van der Waals surface area contributed by atoms with Crippen molar-refractivity contribution in [3.8, 4) is 0 Å². The Labute approximate surface area is 115 Å². The van der Waals surface area contributed by atoms with Gasteiger partial charge in [-0.1, -0.05) is 19.9 Å². The molecule has 0 aliphatic heterocycles. The second kappa shape index (κ2) is 7.03. The molecule has 0 fully saturated rings. The monoisotopic (exact) mass is 267 g/mol. The second-order valence-corrected chi connectivity index (χ2v) is 5.63. The molecule has 0 radical (unpaired) electrons. The van der Waals surface area contributed by atoms with E-state index in [0.717, 1.165) is 12.1 Å². The van der Waals surface area contributed by atoms with Crippen LogP contribution in [0.15, 0.2) is 18.2 Å². The Bertz CT molecular complexity index is 410. The molecule has 3 nitrogen and oxygen atoms in total. The van der Waals surface area contributed by atoms with Crippen LogP contribution in [0.3, 0.4) is 0 Å². The highest BCUT2D eigenvalue weighted by atomic mass is 19.1. The summed E-state index contributed by atoms with van der Waals surface area (Å²) in [5.74, 6) is 0.0668. The molecule has 0 atom stereocenters. The number of nitrogens with zero attached hydrogens (tertiary/aromatic N) is 1. The molecule has 0 saturated carbocycles. The Morgan fingerprint density at radius 2 is 1.84 bits per heavy atom. The highest BCUT2D eigenvalue weighted by Crippen LogP contribution is 2.11. The van der Waals surface area contributed by atoms with E-state index in [1.165, 1.54) is 12.1 Å². The molecule has 0 aliphatic rings. The Hall–Kier alpha value is -0.905. The zero-order valence-electron chi connectivity index (χ0n) is 12.1. The topological polar surface area (TPSA) is 43.7 Å². The van der Waals surface area contributed by atoms with Crippen molar-refractivity contribution in [2.75, 3.05) is 6.54 Å². The lowest BCUT2D eigenvalue weighted by atomic mass is 9.76. The number of hydrogen-bond acceptors (Lipinski definition) is 3. The molecule has 0 aromatic heterocycles. The lowest BCUT2D eigenvalue weighted by molar-refractivity contribution is 0.189. The largest absolute Gasteiger partial charge is 0.488 e. The Morgan fingerprint density at radius 3 is 2.32 bits per heavy atom. The molecule has 0 aliphatic carbocycles. The minimum absolute atomic E-state index is 0.245. The van der Waals surface area contributed by atoms with Gasteiger partial charge in [-0.15, -0.1) is 0 Å². The third-order valence-electron chi connectivity index (χ3n) is 3.09. The average Bonchev–Trinajstić information content (AvgIpc) is 2.29. The summed E-state index contributed by atoms with van der Waals surface area (Å²) in [4.78, 5) is 2.24. The van der Waals surface area contributed by atoms with Crippen LogP contribution in [0.2, 0.25) is 0 Å². The van der Waals surface area contributed by atoms with Gasteiger partial charge in [-0.2, -0.15) is 0 Å². The van der Waals surface area contributed by atoms with Gasteiger partial charge < -0.3 is 10.0 Å². The minimum Gasteiger partial charge on any atom is -0.423 e. The van der Waals surface area contributed by atoms with Crippen LogP contribution in [0.25, 0.3) is 0 Å². The van der Waals surface area contributed by atoms with E-state index in [4.69, 9.17) is 0 Å². The van der Waals surface area contributed by atoms with Crippen LogP contribution in [0, 0.1) is 11.7 Å². The normalized spacial score (nSPS) is 11.7. The van der Waals surface area contributed by atoms with Crippen molar-refractivity contribution in [1.29, 1.82) is 0 Å². The fraction of sp³-hybridized carbons (Fsp3) is 0.571. The van der Waals surface area contributed by atoms with Gasteiger partial charge in [-0.25, -0.2) is 4.39 Å². The molecule has 5 heteroatoms. The van der Waals surface area contributed by atoms with Gasteiger partial charge in [0.1, 0.15) is 5.82 Å². The molecule has 0 heterocycles. The first-order valence-corrected chi connectivity index (χ1v) is 6.69. The number of halogens is 1. The zero-order chi connectivity index (χ0) is 14.6. The first-order chi connectivity index (χ1) is 8.81. The maximum absolute atomic E-state index is 13.2. The molecule has 0 saturated heterocycles. The van der Waals surface area contributed by atoms with Crippen molar-refractivity contribution in [3.63, 3.8) is 0 Å². The summed E-state index contributed by atoms with van der Waals surface area (Å²) in [6.45, 7) is 9.98. The second-order valence-electron chi connectivity index (χ2n) is 5.63. The molecule has 1 aromatic rings. The highest BCUT2D eigenvalue weighted by molar-refractivity contribution is 6.59. The molecule has 0 spiro atoms. The van der Waals surface area contributed by atoms with Crippen molar-refractivity contribution >= 4 is 12.6 Å². The molecule has 19 heavy (non-hydrogen) atoms. The Balaban J connectivity index is 2.95. The van der Waals surface area contributed by atoms with E-state index < -0.39 is 12.9 Å². The smallest absolute Gasteiger partial charge is 0.423 e. The summed E-state index contributed by atoms with van der Waals surface area (Å²) in [6, 6.07) is 4.51. The van der Waals surface area contributed by atoms with E-state index in [-0.39, 0.29) is 5.46 Å². The van der Waals surface area contributed by atoms with Crippen molar-refractivity contribution in [2.45, 2.75) is 40.3 Å². The van der Waals surface area contributed by atoms with Gasteiger partial charge >= 0.3 is 7.12 Å². The van der Waals surface area contributed by atoms with Gasteiger partial charge in [0.15, 0.2) is 0 Å². The number of benzene rings is 1. The third-order valence-corrected chi connectivity index (χ3v) is 3.09. The summed E-state index contributed by atoms with van der Waals surface area (Å²) in [5, 5.41) is 18.7. The third kappa shape index (κ3) is 4.93. The van der Waals surface area contributed by atoms with Crippen molar-refractivity contribution in [1.82, 2.24) is 4.90 Å². The molecule has 0 unspecified atom stereocenters. The summed E-state index contributed by atoms with van der Waals surface area (Å²) in [7, 11) is -1.64. The van der Waals surface area contributed by atoms with Gasteiger partial charge in [0, 0.05) is 19.1 Å². The van der Waals surface area contributed by atoms with E-state index >= 15 is 0 Å². The molecule has 1 aromatic carbocycles. The summed E-state index contributed by atoms with van der Waals surface area (Å²) in [5.41, 5.74) is 1.00. The van der Waals surface area contributed by atoms with E-state index in [1.807, 2.05) is 0 Å². The van der Waals surface area contributed by atoms with Crippen LogP contribution >= 0.6 is 0 Å². The van der Waals surface area contributed by atoms with E-state index in [0.29, 0.717) is 18.5 Å². The molecular formula is C14H23BFNO2. The van der Waals surface area contributed by atoms with Gasteiger partial charge in [0.2, 0.25) is 0 Å². The van der Waals surface area contributed by atoms with E-state index in [1.54, 1.807) is 6.07 Å². The Morgan fingerprint density at radius 1 is 1.21 bits per heavy atom. The standard InChI is InChI=1S/C14H23BFNO2/c1-10(2)8-17(11(3)4)9-12-5-6-13(16)7-14(12)15(18)19/h5-7,10-11,18-19H,8-9H2,1-4H3. The van der Waals surface area contributed by atoms with Crippen molar-refractivity contribution in [2.24, 2.45) is 5.92 Å². The molecule has 1 rings (SSSR count).